The third kappa shape index (κ3) is 5.36. The van der Waals surface area contributed by atoms with Crippen molar-refractivity contribution in [3.05, 3.63) is 54.1 Å². The molecule has 2 heterocycles. The van der Waals surface area contributed by atoms with Gasteiger partial charge in [-0.3, -0.25) is 9.58 Å². The Morgan fingerprint density at radius 2 is 2.16 bits per heavy atom. The lowest BCUT2D eigenvalue weighted by Gasteiger charge is -2.36. The summed E-state index contributed by atoms with van der Waals surface area (Å²) in [6.07, 6.45) is 6.66. The van der Waals surface area contributed by atoms with Crippen LogP contribution in [0.4, 0.5) is 4.39 Å². The van der Waals surface area contributed by atoms with Crippen LogP contribution in [0.5, 0.6) is 0 Å². The van der Waals surface area contributed by atoms with Crippen LogP contribution in [-0.2, 0) is 17.9 Å². The zero-order chi connectivity index (χ0) is 17.5. The lowest BCUT2D eigenvalue weighted by Crippen LogP contribution is -2.46. The Hall–Kier alpha value is -1.76. The largest absolute Gasteiger partial charge is 0.389 e. The van der Waals surface area contributed by atoms with Crippen LogP contribution in [0.2, 0.25) is 0 Å². The summed E-state index contributed by atoms with van der Waals surface area (Å²) in [7, 11) is 0. The summed E-state index contributed by atoms with van der Waals surface area (Å²) >= 11 is 0. The first-order valence-electron chi connectivity index (χ1n) is 8.93. The molecular weight excluding hydrogens is 321 g/mol. The van der Waals surface area contributed by atoms with E-state index >= 15 is 0 Å². The molecule has 0 bridgehead atoms. The number of hydrogen-bond donors (Lipinski definition) is 1. The van der Waals surface area contributed by atoms with E-state index in [0.717, 1.165) is 25.9 Å². The Labute approximate surface area is 148 Å². The smallest absolute Gasteiger partial charge is 0.128 e. The van der Waals surface area contributed by atoms with E-state index < -0.39 is 6.10 Å². The predicted octanol–water partition coefficient (Wildman–Crippen LogP) is 2.45. The predicted molar refractivity (Wildman–Crippen MR) is 93.5 cm³/mol. The third-order valence-corrected chi connectivity index (χ3v) is 4.68. The molecule has 2 unspecified atom stereocenters. The van der Waals surface area contributed by atoms with Crippen molar-refractivity contribution in [1.29, 1.82) is 0 Å². The monoisotopic (exact) mass is 347 g/mol. The topological polar surface area (TPSA) is 50.5 Å². The van der Waals surface area contributed by atoms with Crippen LogP contribution in [0.15, 0.2) is 42.7 Å². The van der Waals surface area contributed by atoms with Crippen LogP contribution < -0.4 is 0 Å². The van der Waals surface area contributed by atoms with Crippen molar-refractivity contribution in [2.45, 2.75) is 44.6 Å². The lowest BCUT2D eigenvalue weighted by atomic mass is 10.0. The molecule has 0 spiro atoms. The molecule has 1 saturated heterocycles. The molecule has 6 heteroatoms. The minimum atomic E-state index is -0.579. The SMILES string of the molecule is OC(COCc1ccccc1F)CN1CCCCC1Cn1cccn1. The summed E-state index contributed by atoms with van der Waals surface area (Å²) < 4.78 is 21.0. The number of aliphatic hydroxyl groups is 1. The fourth-order valence-corrected chi connectivity index (χ4v) is 3.38. The number of likely N-dealkylation sites (tertiary alicyclic amines) is 1. The van der Waals surface area contributed by atoms with Gasteiger partial charge in [0.25, 0.3) is 0 Å². The first-order valence-corrected chi connectivity index (χ1v) is 8.93. The molecule has 0 radical (unpaired) electrons. The van der Waals surface area contributed by atoms with E-state index in [1.165, 1.54) is 12.5 Å². The van der Waals surface area contributed by atoms with Crippen molar-refractivity contribution in [1.82, 2.24) is 14.7 Å². The van der Waals surface area contributed by atoms with Crippen molar-refractivity contribution in [2.24, 2.45) is 0 Å². The molecule has 2 atom stereocenters. The van der Waals surface area contributed by atoms with Crippen molar-refractivity contribution in [3.8, 4) is 0 Å². The van der Waals surface area contributed by atoms with Crippen molar-refractivity contribution in [3.63, 3.8) is 0 Å². The minimum absolute atomic E-state index is 0.181. The van der Waals surface area contributed by atoms with Gasteiger partial charge in [0.15, 0.2) is 0 Å². The second-order valence-corrected chi connectivity index (χ2v) is 6.63. The molecular formula is C19H26FN3O2. The van der Waals surface area contributed by atoms with Crippen molar-refractivity contribution >= 4 is 0 Å². The zero-order valence-electron chi connectivity index (χ0n) is 14.4. The van der Waals surface area contributed by atoms with Gasteiger partial charge in [-0.2, -0.15) is 5.10 Å². The fourth-order valence-electron chi connectivity index (χ4n) is 3.38. The lowest BCUT2D eigenvalue weighted by molar-refractivity contribution is -0.00626. The molecule has 0 aliphatic carbocycles. The summed E-state index contributed by atoms with van der Waals surface area (Å²) in [6, 6.07) is 8.87. The van der Waals surface area contributed by atoms with E-state index in [9.17, 15) is 9.50 Å². The fraction of sp³-hybridized carbons (Fsp3) is 0.526. The number of aromatic nitrogens is 2. The van der Waals surface area contributed by atoms with E-state index in [1.54, 1.807) is 24.4 Å². The Morgan fingerprint density at radius 3 is 2.96 bits per heavy atom. The minimum Gasteiger partial charge on any atom is -0.389 e. The van der Waals surface area contributed by atoms with Crippen LogP contribution in [-0.4, -0.2) is 51.6 Å². The molecule has 1 aromatic carbocycles. The first-order chi connectivity index (χ1) is 12.2. The summed E-state index contributed by atoms with van der Waals surface area (Å²) in [5.74, 6) is -0.271. The van der Waals surface area contributed by atoms with Gasteiger partial charge in [0.1, 0.15) is 5.82 Å². The quantitative estimate of drug-likeness (QED) is 0.797. The van der Waals surface area contributed by atoms with E-state index in [4.69, 9.17) is 4.74 Å². The number of ether oxygens (including phenoxy) is 1. The Kier molecular flexibility index (Phi) is 6.55. The highest BCUT2D eigenvalue weighted by molar-refractivity contribution is 5.16. The first kappa shape index (κ1) is 18.0. The highest BCUT2D eigenvalue weighted by Crippen LogP contribution is 2.19. The number of aliphatic hydroxyl groups excluding tert-OH is 1. The molecule has 25 heavy (non-hydrogen) atoms. The van der Waals surface area contributed by atoms with Gasteiger partial charge in [-0.05, 0) is 31.5 Å². The van der Waals surface area contributed by atoms with E-state index in [2.05, 4.69) is 10.00 Å². The molecule has 1 aromatic heterocycles. The van der Waals surface area contributed by atoms with Crippen LogP contribution in [0.25, 0.3) is 0 Å². The zero-order valence-corrected chi connectivity index (χ0v) is 14.4. The van der Waals surface area contributed by atoms with Gasteiger partial charge in [-0.1, -0.05) is 24.6 Å². The molecule has 1 aliphatic heterocycles. The summed E-state index contributed by atoms with van der Waals surface area (Å²) in [4.78, 5) is 2.32. The average Bonchev–Trinajstić information content (AvgIpc) is 3.11. The number of nitrogens with zero attached hydrogens (tertiary/aromatic N) is 3. The molecule has 1 fully saturated rings. The van der Waals surface area contributed by atoms with E-state index in [1.807, 2.05) is 16.9 Å². The van der Waals surface area contributed by atoms with E-state index in [0.29, 0.717) is 18.2 Å². The summed E-state index contributed by atoms with van der Waals surface area (Å²) in [5.41, 5.74) is 0.518. The van der Waals surface area contributed by atoms with Gasteiger partial charge < -0.3 is 9.84 Å². The number of piperidine rings is 1. The van der Waals surface area contributed by atoms with Gasteiger partial charge in [0, 0.05) is 30.5 Å². The Balaban J connectivity index is 1.45. The maximum atomic E-state index is 13.6. The number of benzene rings is 1. The molecule has 5 nitrogen and oxygen atoms in total. The number of hydrogen-bond acceptors (Lipinski definition) is 4. The molecule has 0 amide bonds. The number of rotatable bonds is 8. The molecule has 136 valence electrons. The summed E-state index contributed by atoms with van der Waals surface area (Å²) in [6.45, 7) is 2.79. The Bertz CT molecular complexity index is 635. The van der Waals surface area contributed by atoms with Crippen molar-refractivity contribution in [2.75, 3.05) is 19.7 Å². The van der Waals surface area contributed by atoms with Crippen LogP contribution in [0, 0.1) is 5.82 Å². The average molecular weight is 347 g/mol. The van der Waals surface area contributed by atoms with Crippen molar-refractivity contribution < 1.29 is 14.2 Å². The third-order valence-electron chi connectivity index (χ3n) is 4.68. The van der Waals surface area contributed by atoms with Gasteiger partial charge in [-0.15, -0.1) is 0 Å². The number of β-amino-alcohol motifs (C(OH)–C–C–N with tert-alkyl or cyclic N) is 1. The van der Waals surface area contributed by atoms with Crippen LogP contribution in [0.3, 0.4) is 0 Å². The van der Waals surface area contributed by atoms with Gasteiger partial charge in [0.05, 0.1) is 25.9 Å². The molecule has 2 aromatic rings. The molecule has 3 rings (SSSR count). The maximum absolute atomic E-state index is 13.6. The molecule has 0 saturated carbocycles. The highest BCUT2D eigenvalue weighted by atomic mass is 19.1. The van der Waals surface area contributed by atoms with Gasteiger partial charge in [-0.25, -0.2) is 4.39 Å². The molecule has 1 N–H and O–H groups in total. The maximum Gasteiger partial charge on any atom is 0.128 e. The second kappa shape index (κ2) is 9.08. The summed E-state index contributed by atoms with van der Waals surface area (Å²) in [5, 5.41) is 14.6. The van der Waals surface area contributed by atoms with Gasteiger partial charge >= 0.3 is 0 Å². The Morgan fingerprint density at radius 1 is 1.28 bits per heavy atom. The van der Waals surface area contributed by atoms with Crippen LogP contribution >= 0.6 is 0 Å². The van der Waals surface area contributed by atoms with E-state index in [-0.39, 0.29) is 19.0 Å². The highest BCUT2D eigenvalue weighted by Gasteiger charge is 2.24. The second-order valence-electron chi connectivity index (χ2n) is 6.63. The van der Waals surface area contributed by atoms with Gasteiger partial charge in [0.2, 0.25) is 0 Å². The standard InChI is InChI=1S/C19H26FN3O2/c20-19-8-2-1-6-16(19)14-25-15-18(24)13-22-10-4-3-7-17(22)12-23-11-5-9-21-23/h1-2,5-6,8-9,11,17-18,24H,3-4,7,10,12-15H2. The van der Waals surface area contributed by atoms with Crippen LogP contribution in [0.1, 0.15) is 24.8 Å². The number of halogens is 1. The normalized spacial score (nSPS) is 19.8. The molecule has 1 aliphatic rings.